The molecule has 1 aromatic heterocycles. The number of nitrogens with one attached hydrogen (secondary N) is 1. The monoisotopic (exact) mass is 450 g/mol. The van der Waals surface area contributed by atoms with Crippen LogP contribution in [-0.2, 0) is 19.2 Å². The van der Waals surface area contributed by atoms with Crippen LogP contribution in [0, 0.1) is 0 Å². The highest BCUT2D eigenvalue weighted by atomic mass is 32.2. The minimum atomic E-state index is -1.17. The zero-order valence-electron chi connectivity index (χ0n) is 15.8. The minimum Gasteiger partial charge on any atom is -0.477 e. The first kappa shape index (κ1) is 20.3. The molecule has 1 aromatic rings. The second-order valence-electron chi connectivity index (χ2n) is 6.84. The lowest BCUT2D eigenvalue weighted by molar-refractivity contribution is -0.150. The quantitative estimate of drug-likeness (QED) is 0.240. The maximum absolute atomic E-state index is 12.9. The summed E-state index contributed by atoms with van der Waals surface area (Å²) in [4.78, 5) is 47.6. The Hall–Kier alpha value is -2.93. The van der Waals surface area contributed by atoms with Crippen LogP contribution in [0.1, 0.15) is 25.6 Å². The molecule has 0 saturated carbocycles. The zero-order valence-corrected chi connectivity index (χ0v) is 17.4. The summed E-state index contributed by atoms with van der Waals surface area (Å²) in [6, 6.07) is -0.891. The van der Waals surface area contributed by atoms with Gasteiger partial charge in [0.1, 0.15) is 23.2 Å². The number of fused-ring (bicyclic) bond motifs is 1. The van der Waals surface area contributed by atoms with Gasteiger partial charge in [-0.15, -0.1) is 11.8 Å². The van der Waals surface area contributed by atoms with Crippen molar-refractivity contribution in [3.63, 3.8) is 0 Å². The highest BCUT2D eigenvalue weighted by molar-refractivity contribution is 8.00. The summed E-state index contributed by atoms with van der Waals surface area (Å²) in [5.41, 5.74) is 5.99. The predicted octanol–water partition coefficient (Wildman–Crippen LogP) is 0.318. The maximum Gasteiger partial charge on any atom is 0.352 e. The number of carboxylic acids is 1. The third-order valence-corrected chi connectivity index (χ3v) is 6.73. The van der Waals surface area contributed by atoms with E-state index in [2.05, 4.69) is 19.8 Å². The molecule has 158 valence electrons. The number of β-lactam (4-membered cyclic amide) rings is 1. The molecule has 1 saturated heterocycles. The second kappa shape index (κ2) is 8.07. The number of thioether (sulfide) groups is 1. The minimum absolute atomic E-state index is 0.00105. The van der Waals surface area contributed by atoms with E-state index in [0.29, 0.717) is 11.3 Å². The number of carboxylic acid groups (broad SMARTS) is 1. The van der Waals surface area contributed by atoms with E-state index >= 15 is 0 Å². The molecule has 4 N–H and O–H groups in total. The summed E-state index contributed by atoms with van der Waals surface area (Å²) in [6.45, 7) is 1.67. The van der Waals surface area contributed by atoms with E-state index in [4.69, 9.17) is 10.6 Å². The Balaban J connectivity index is 1.52. The van der Waals surface area contributed by atoms with Crippen molar-refractivity contribution in [2.24, 2.45) is 5.16 Å². The van der Waals surface area contributed by atoms with E-state index in [1.165, 1.54) is 16.7 Å². The number of oxime groups is 1. The van der Waals surface area contributed by atoms with Crippen LogP contribution in [-0.4, -0.2) is 66.1 Å². The van der Waals surface area contributed by atoms with Gasteiger partial charge < -0.3 is 21.0 Å². The summed E-state index contributed by atoms with van der Waals surface area (Å²) in [5.74, 6) is -1.92. The molecule has 30 heavy (non-hydrogen) atoms. The van der Waals surface area contributed by atoms with Gasteiger partial charge in [0.15, 0.2) is 5.13 Å². The van der Waals surface area contributed by atoms with Crippen LogP contribution in [0.5, 0.6) is 0 Å². The van der Waals surface area contributed by atoms with Crippen molar-refractivity contribution in [3.8, 4) is 0 Å². The molecule has 0 aromatic carbocycles. The lowest BCUT2D eigenvalue weighted by atomic mass is 10.0. The molecule has 1 aliphatic carbocycles. The van der Waals surface area contributed by atoms with Crippen LogP contribution in [0.2, 0.25) is 0 Å². The molecular formula is C17H18N6O5S2. The Bertz CT molecular complexity index is 1000. The van der Waals surface area contributed by atoms with Crippen LogP contribution in [0.3, 0.4) is 0 Å². The molecule has 2 amide bonds. The van der Waals surface area contributed by atoms with Crippen molar-refractivity contribution in [2.45, 2.75) is 37.3 Å². The van der Waals surface area contributed by atoms with Crippen molar-refractivity contribution in [1.29, 1.82) is 0 Å². The smallest absolute Gasteiger partial charge is 0.352 e. The highest BCUT2D eigenvalue weighted by Crippen LogP contribution is 2.40. The fourth-order valence-electron chi connectivity index (χ4n) is 3.31. The highest BCUT2D eigenvalue weighted by Gasteiger charge is 2.54. The number of aliphatic carboxylic acids is 1. The van der Waals surface area contributed by atoms with E-state index in [1.54, 1.807) is 6.92 Å². The molecule has 1 fully saturated rings. The van der Waals surface area contributed by atoms with Gasteiger partial charge in [-0.2, -0.15) is 9.36 Å². The van der Waals surface area contributed by atoms with Crippen LogP contribution >= 0.6 is 23.3 Å². The largest absolute Gasteiger partial charge is 0.477 e. The average Bonchev–Trinajstić information content (AvgIpc) is 3.37. The molecular weight excluding hydrogens is 432 g/mol. The molecule has 2 aliphatic heterocycles. The summed E-state index contributed by atoms with van der Waals surface area (Å²) in [7, 11) is 0. The summed E-state index contributed by atoms with van der Waals surface area (Å²) < 4.78 is 4.01. The Labute approximate surface area is 179 Å². The van der Waals surface area contributed by atoms with Crippen LogP contribution < -0.4 is 11.1 Å². The van der Waals surface area contributed by atoms with Gasteiger partial charge in [0.2, 0.25) is 11.5 Å². The number of amides is 2. The third-order valence-electron chi connectivity index (χ3n) is 4.76. The number of hydrogen-bond acceptors (Lipinski definition) is 10. The molecule has 3 atom stereocenters. The molecule has 0 bridgehead atoms. The zero-order chi connectivity index (χ0) is 21.4. The first-order valence-corrected chi connectivity index (χ1v) is 10.9. The van der Waals surface area contributed by atoms with Gasteiger partial charge in [-0.05, 0) is 31.4 Å². The molecule has 13 heteroatoms. The molecule has 3 aliphatic rings. The van der Waals surface area contributed by atoms with Gasteiger partial charge in [-0.25, -0.2) is 4.79 Å². The van der Waals surface area contributed by atoms with Gasteiger partial charge in [0, 0.05) is 17.3 Å². The van der Waals surface area contributed by atoms with E-state index < -0.39 is 29.2 Å². The SMILES string of the molecule is CC1=C(C(=O)O)N2C(=O)C(NC(=O)/C(=N\OC3C=CCC3)c3nsc(N)n3)[C@H]2SC1. The van der Waals surface area contributed by atoms with Gasteiger partial charge in [0.05, 0.1) is 0 Å². The van der Waals surface area contributed by atoms with E-state index in [-0.39, 0.29) is 28.5 Å². The number of anilines is 1. The van der Waals surface area contributed by atoms with Crippen LogP contribution in [0.25, 0.3) is 0 Å². The number of nitrogen functional groups attached to an aromatic ring is 1. The molecule has 3 heterocycles. The topological polar surface area (TPSA) is 160 Å². The van der Waals surface area contributed by atoms with Gasteiger partial charge >= 0.3 is 5.97 Å². The first-order chi connectivity index (χ1) is 14.4. The van der Waals surface area contributed by atoms with Gasteiger partial charge in [0.25, 0.3) is 11.8 Å². The summed E-state index contributed by atoms with van der Waals surface area (Å²) >= 11 is 2.29. The number of carbonyl (C=O) groups is 3. The Morgan fingerprint density at radius 3 is 2.90 bits per heavy atom. The van der Waals surface area contributed by atoms with Crippen LogP contribution in [0.15, 0.2) is 28.6 Å². The van der Waals surface area contributed by atoms with Crippen molar-refractivity contribution < 1.29 is 24.3 Å². The Morgan fingerprint density at radius 1 is 1.47 bits per heavy atom. The number of hydrogen-bond donors (Lipinski definition) is 3. The lowest BCUT2D eigenvalue weighted by Gasteiger charge is -2.49. The number of aromatic nitrogens is 2. The Morgan fingerprint density at radius 2 is 2.27 bits per heavy atom. The summed E-state index contributed by atoms with van der Waals surface area (Å²) in [5, 5.41) is 15.6. The van der Waals surface area contributed by atoms with E-state index in [0.717, 1.165) is 24.4 Å². The molecule has 0 spiro atoms. The Kier molecular flexibility index (Phi) is 5.47. The molecule has 11 nitrogen and oxygen atoms in total. The van der Waals surface area contributed by atoms with Crippen molar-refractivity contribution >= 4 is 51.9 Å². The molecule has 0 radical (unpaired) electrons. The van der Waals surface area contributed by atoms with Gasteiger partial charge in [-0.3, -0.25) is 14.5 Å². The standard InChI is InChI=1S/C17H18N6O5S2/c1-7-6-29-15-10(14(25)23(15)11(7)16(26)27)19-13(24)9(12-20-17(18)30-22-12)21-28-8-4-2-3-5-8/h2,4,8,10,15H,3,5-6H2,1H3,(H,19,24)(H,26,27)(H2,18,20,22)/b21-9-/t8?,10?,15-/m1/s1. The maximum atomic E-state index is 12.9. The summed E-state index contributed by atoms with van der Waals surface area (Å²) in [6.07, 6.45) is 5.13. The van der Waals surface area contributed by atoms with E-state index in [9.17, 15) is 19.5 Å². The normalized spacial score (nSPS) is 25.8. The van der Waals surface area contributed by atoms with Crippen molar-refractivity contribution in [1.82, 2.24) is 19.6 Å². The third kappa shape index (κ3) is 3.65. The molecule has 2 unspecified atom stereocenters. The lowest BCUT2D eigenvalue weighted by Crippen LogP contribution is -2.71. The fraction of sp³-hybridized carbons (Fsp3) is 0.412. The second-order valence-corrected chi connectivity index (χ2v) is 8.73. The first-order valence-electron chi connectivity index (χ1n) is 9.05. The fourth-order valence-corrected chi connectivity index (χ4v) is 5.04. The average molecular weight is 451 g/mol. The number of nitrogens with zero attached hydrogens (tertiary/aromatic N) is 4. The molecule has 4 rings (SSSR count). The number of nitrogens with two attached hydrogens (primary N) is 1. The van der Waals surface area contributed by atoms with Crippen LogP contribution in [0.4, 0.5) is 5.13 Å². The van der Waals surface area contributed by atoms with E-state index in [1.807, 2.05) is 12.2 Å². The van der Waals surface area contributed by atoms with Gasteiger partial charge in [-0.1, -0.05) is 11.2 Å². The number of allylic oxidation sites excluding steroid dienone is 1. The number of carbonyl (C=O) groups excluding carboxylic acids is 2. The van der Waals surface area contributed by atoms with Crippen molar-refractivity contribution in [2.75, 3.05) is 11.5 Å². The predicted molar refractivity (Wildman–Crippen MR) is 109 cm³/mol. The number of rotatable bonds is 6. The van der Waals surface area contributed by atoms with Crippen molar-refractivity contribution in [3.05, 3.63) is 29.2 Å².